The largest absolute Gasteiger partial charge is 0.494 e. The standard InChI is InChI=1S/C14H18O4/c1-3-4-9-17-11-7-5-10(6-8-11)12-14(2,18-12)13(15)16/h5-8,12H,3-4,9H2,1-2H3,(H,15,16). The monoisotopic (exact) mass is 250 g/mol. The Morgan fingerprint density at radius 3 is 2.61 bits per heavy atom. The van der Waals surface area contributed by atoms with Gasteiger partial charge in [0.2, 0.25) is 0 Å². The minimum absolute atomic E-state index is 0.348. The summed E-state index contributed by atoms with van der Waals surface area (Å²) in [7, 11) is 0. The number of hydrogen-bond donors (Lipinski definition) is 1. The van der Waals surface area contributed by atoms with E-state index in [1.807, 2.05) is 24.3 Å². The molecule has 2 atom stereocenters. The highest BCUT2D eigenvalue weighted by molar-refractivity contribution is 5.81. The lowest BCUT2D eigenvalue weighted by Gasteiger charge is -2.06. The molecule has 0 aromatic heterocycles. The van der Waals surface area contributed by atoms with Crippen LogP contribution in [0.4, 0.5) is 0 Å². The molecule has 0 radical (unpaired) electrons. The van der Waals surface area contributed by atoms with E-state index in [4.69, 9.17) is 14.6 Å². The summed E-state index contributed by atoms with van der Waals surface area (Å²) in [6.07, 6.45) is 1.79. The Bertz CT molecular complexity index is 426. The summed E-state index contributed by atoms with van der Waals surface area (Å²) in [6, 6.07) is 7.43. The lowest BCUT2D eigenvalue weighted by Crippen LogP contribution is -2.20. The molecular formula is C14H18O4. The molecule has 1 aliphatic heterocycles. The van der Waals surface area contributed by atoms with E-state index in [2.05, 4.69) is 6.92 Å². The van der Waals surface area contributed by atoms with Crippen LogP contribution >= 0.6 is 0 Å². The summed E-state index contributed by atoms with van der Waals surface area (Å²) in [6.45, 7) is 4.41. The predicted molar refractivity (Wildman–Crippen MR) is 66.7 cm³/mol. The Hall–Kier alpha value is -1.55. The maximum atomic E-state index is 11.0. The molecule has 1 heterocycles. The van der Waals surface area contributed by atoms with Crippen LogP contribution in [0.15, 0.2) is 24.3 Å². The first-order chi connectivity index (χ1) is 8.58. The smallest absolute Gasteiger partial charge is 0.338 e. The third kappa shape index (κ3) is 2.48. The first kappa shape index (κ1) is 12.9. The molecule has 0 bridgehead atoms. The van der Waals surface area contributed by atoms with Gasteiger partial charge in [-0.05, 0) is 31.0 Å². The number of carboxylic acid groups (broad SMARTS) is 1. The Morgan fingerprint density at radius 2 is 2.11 bits per heavy atom. The van der Waals surface area contributed by atoms with Crippen LogP contribution in [0.1, 0.15) is 38.4 Å². The van der Waals surface area contributed by atoms with E-state index in [1.165, 1.54) is 0 Å². The van der Waals surface area contributed by atoms with Crippen LogP contribution < -0.4 is 4.74 Å². The topological polar surface area (TPSA) is 59.1 Å². The number of aliphatic carboxylic acids is 1. The van der Waals surface area contributed by atoms with Crippen molar-refractivity contribution in [2.75, 3.05) is 6.61 Å². The average Bonchev–Trinajstić information content (AvgIpc) is 3.05. The van der Waals surface area contributed by atoms with Crippen molar-refractivity contribution >= 4 is 5.97 Å². The van der Waals surface area contributed by atoms with Crippen molar-refractivity contribution < 1.29 is 19.4 Å². The molecule has 2 unspecified atom stereocenters. The van der Waals surface area contributed by atoms with Gasteiger partial charge in [0.25, 0.3) is 0 Å². The van der Waals surface area contributed by atoms with Crippen LogP contribution in [-0.2, 0) is 9.53 Å². The average molecular weight is 250 g/mol. The van der Waals surface area contributed by atoms with E-state index >= 15 is 0 Å². The summed E-state index contributed by atoms with van der Waals surface area (Å²) in [4.78, 5) is 11.0. The Morgan fingerprint density at radius 1 is 1.44 bits per heavy atom. The summed E-state index contributed by atoms with van der Waals surface area (Å²) < 4.78 is 10.8. The highest BCUT2D eigenvalue weighted by Gasteiger charge is 2.59. The zero-order chi connectivity index (χ0) is 13.2. The minimum atomic E-state index is -1.06. The van der Waals surface area contributed by atoms with E-state index in [9.17, 15) is 4.79 Å². The number of benzene rings is 1. The zero-order valence-corrected chi connectivity index (χ0v) is 10.7. The van der Waals surface area contributed by atoms with Crippen LogP contribution in [0, 0.1) is 0 Å². The van der Waals surface area contributed by atoms with Gasteiger partial charge in [0.05, 0.1) is 6.61 Å². The van der Waals surface area contributed by atoms with Gasteiger partial charge in [-0.15, -0.1) is 0 Å². The van der Waals surface area contributed by atoms with Crippen LogP contribution in [0.3, 0.4) is 0 Å². The van der Waals surface area contributed by atoms with E-state index in [1.54, 1.807) is 6.92 Å². The van der Waals surface area contributed by atoms with Crippen molar-refractivity contribution in [3.05, 3.63) is 29.8 Å². The Balaban J connectivity index is 1.95. The van der Waals surface area contributed by atoms with Gasteiger partial charge >= 0.3 is 5.97 Å². The number of carboxylic acids is 1. The molecular weight excluding hydrogens is 232 g/mol. The third-order valence-electron chi connectivity index (χ3n) is 3.18. The second-order valence-corrected chi connectivity index (χ2v) is 4.68. The lowest BCUT2D eigenvalue weighted by atomic mass is 10.0. The number of rotatable bonds is 6. The quantitative estimate of drug-likeness (QED) is 0.623. The molecule has 0 saturated carbocycles. The minimum Gasteiger partial charge on any atom is -0.494 e. The zero-order valence-electron chi connectivity index (χ0n) is 10.7. The molecule has 1 N–H and O–H groups in total. The van der Waals surface area contributed by atoms with Crippen molar-refractivity contribution in [1.82, 2.24) is 0 Å². The lowest BCUT2D eigenvalue weighted by molar-refractivity contribution is -0.142. The van der Waals surface area contributed by atoms with E-state index in [0.717, 1.165) is 24.2 Å². The van der Waals surface area contributed by atoms with Crippen LogP contribution in [-0.4, -0.2) is 23.3 Å². The molecule has 4 heteroatoms. The van der Waals surface area contributed by atoms with Crippen molar-refractivity contribution in [1.29, 1.82) is 0 Å². The molecule has 98 valence electrons. The molecule has 2 rings (SSSR count). The van der Waals surface area contributed by atoms with Gasteiger partial charge in [-0.1, -0.05) is 25.5 Å². The van der Waals surface area contributed by atoms with Gasteiger partial charge in [-0.25, -0.2) is 4.79 Å². The van der Waals surface area contributed by atoms with E-state index in [0.29, 0.717) is 6.61 Å². The van der Waals surface area contributed by atoms with E-state index < -0.39 is 11.6 Å². The van der Waals surface area contributed by atoms with Gasteiger partial charge in [-0.2, -0.15) is 0 Å². The predicted octanol–water partition coefficient (Wildman–Crippen LogP) is 2.78. The van der Waals surface area contributed by atoms with Gasteiger partial charge in [0, 0.05) is 0 Å². The second-order valence-electron chi connectivity index (χ2n) is 4.68. The summed E-state index contributed by atoms with van der Waals surface area (Å²) in [5.41, 5.74) is -0.187. The molecule has 18 heavy (non-hydrogen) atoms. The molecule has 1 aliphatic rings. The van der Waals surface area contributed by atoms with Crippen molar-refractivity contribution in [3.8, 4) is 5.75 Å². The molecule has 0 spiro atoms. The maximum Gasteiger partial charge on any atom is 0.338 e. The normalized spacial score (nSPS) is 25.8. The van der Waals surface area contributed by atoms with Crippen molar-refractivity contribution in [2.24, 2.45) is 0 Å². The van der Waals surface area contributed by atoms with Gasteiger partial charge in [0.1, 0.15) is 11.9 Å². The fraction of sp³-hybridized carbons (Fsp3) is 0.500. The summed E-state index contributed by atoms with van der Waals surface area (Å²) in [5.74, 6) is -0.111. The SMILES string of the molecule is CCCCOc1ccc(C2OC2(C)C(=O)O)cc1. The molecule has 0 amide bonds. The van der Waals surface area contributed by atoms with Gasteiger partial charge in [-0.3, -0.25) is 0 Å². The Kier molecular flexibility index (Phi) is 3.57. The van der Waals surface area contributed by atoms with Crippen molar-refractivity contribution in [2.45, 2.75) is 38.4 Å². The fourth-order valence-electron chi connectivity index (χ4n) is 1.83. The Labute approximate surface area is 107 Å². The van der Waals surface area contributed by atoms with Crippen LogP contribution in [0.5, 0.6) is 5.75 Å². The fourth-order valence-corrected chi connectivity index (χ4v) is 1.83. The summed E-state index contributed by atoms with van der Waals surface area (Å²) >= 11 is 0. The summed E-state index contributed by atoms with van der Waals surface area (Å²) in [5, 5.41) is 8.99. The second kappa shape index (κ2) is 4.98. The third-order valence-corrected chi connectivity index (χ3v) is 3.18. The maximum absolute atomic E-state index is 11.0. The first-order valence-corrected chi connectivity index (χ1v) is 6.22. The molecule has 1 saturated heterocycles. The van der Waals surface area contributed by atoms with E-state index in [-0.39, 0.29) is 6.10 Å². The van der Waals surface area contributed by atoms with Gasteiger partial charge < -0.3 is 14.6 Å². The first-order valence-electron chi connectivity index (χ1n) is 6.22. The van der Waals surface area contributed by atoms with Gasteiger partial charge in [0.15, 0.2) is 5.60 Å². The van der Waals surface area contributed by atoms with Crippen LogP contribution in [0.2, 0.25) is 0 Å². The van der Waals surface area contributed by atoms with Crippen LogP contribution in [0.25, 0.3) is 0 Å². The number of unbranched alkanes of at least 4 members (excludes halogenated alkanes) is 1. The highest BCUT2D eigenvalue weighted by Crippen LogP contribution is 2.49. The number of ether oxygens (including phenoxy) is 2. The molecule has 1 aromatic rings. The molecule has 4 nitrogen and oxygen atoms in total. The van der Waals surface area contributed by atoms with Crippen molar-refractivity contribution in [3.63, 3.8) is 0 Å². The molecule has 0 aliphatic carbocycles. The molecule has 1 fully saturated rings. The number of hydrogen-bond acceptors (Lipinski definition) is 3. The highest BCUT2D eigenvalue weighted by atomic mass is 16.6. The number of carbonyl (C=O) groups is 1. The number of epoxide rings is 1. The molecule has 1 aromatic carbocycles.